The molecular weight excluding hydrogens is 388 g/mol. The molecule has 156 valence electrons. The van der Waals surface area contributed by atoms with Crippen molar-refractivity contribution in [2.24, 2.45) is 0 Å². The van der Waals surface area contributed by atoms with Crippen LogP contribution >= 0.6 is 0 Å². The first-order valence-electron chi connectivity index (χ1n) is 10.6. The number of carbonyl (C=O) groups is 1. The van der Waals surface area contributed by atoms with E-state index in [9.17, 15) is 4.79 Å². The molecule has 0 aliphatic carbocycles. The second kappa shape index (κ2) is 8.65. The van der Waals surface area contributed by atoms with Crippen LogP contribution in [0, 0.1) is 0 Å². The minimum Gasteiger partial charge on any atom is -0.345 e. The fourth-order valence-electron chi connectivity index (χ4n) is 4.05. The third kappa shape index (κ3) is 4.32. The summed E-state index contributed by atoms with van der Waals surface area (Å²) in [5, 5.41) is 12.8. The zero-order valence-electron chi connectivity index (χ0n) is 17.2. The van der Waals surface area contributed by atoms with Gasteiger partial charge >= 0.3 is 0 Å². The Bertz CT molecular complexity index is 1200. The molecule has 0 saturated carbocycles. The van der Waals surface area contributed by atoms with E-state index in [2.05, 4.69) is 54.2 Å². The van der Waals surface area contributed by atoms with Crippen LogP contribution in [0.3, 0.4) is 0 Å². The molecule has 0 fully saturated rings. The maximum Gasteiger partial charge on any atom is 0.251 e. The molecule has 4 aromatic rings. The lowest BCUT2D eigenvalue weighted by Crippen LogP contribution is -2.28. The van der Waals surface area contributed by atoms with E-state index in [0.717, 1.165) is 49.8 Å². The van der Waals surface area contributed by atoms with Crippen molar-refractivity contribution in [1.82, 2.24) is 30.0 Å². The van der Waals surface area contributed by atoms with Gasteiger partial charge in [0.1, 0.15) is 5.82 Å². The van der Waals surface area contributed by atoms with Gasteiger partial charge < -0.3 is 9.88 Å². The highest BCUT2D eigenvalue weighted by molar-refractivity contribution is 5.94. The van der Waals surface area contributed by atoms with E-state index in [1.165, 1.54) is 10.9 Å². The van der Waals surface area contributed by atoms with Gasteiger partial charge in [0.2, 0.25) is 0 Å². The zero-order valence-corrected chi connectivity index (χ0v) is 17.2. The molecule has 0 radical (unpaired) electrons. The van der Waals surface area contributed by atoms with Gasteiger partial charge in [0.05, 0.1) is 12.1 Å². The highest BCUT2D eigenvalue weighted by Crippen LogP contribution is 2.17. The Morgan fingerprint density at radius 1 is 0.968 bits per heavy atom. The van der Waals surface area contributed by atoms with Gasteiger partial charge in [-0.05, 0) is 35.9 Å². The van der Waals surface area contributed by atoms with Crippen LogP contribution in [-0.2, 0) is 26.1 Å². The normalized spacial score (nSPS) is 14.2. The Labute approximate surface area is 180 Å². The summed E-state index contributed by atoms with van der Waals surface area (Å²) in [6.07, 6.45) is 2.67. The topological polar surface area (TPSA) is 75.9 Å². The van der Waals surface area contributed by atoms with E-state index >= 15 is 0 Å². The number of rotatable bonds is 5. The smallest absolute Gasteiger partial charge is 0.251 e. The van der Waals surface area contributed by atoms with Crippen molar-refractivity contribution < 1.29 is 4.79 Å². The predicted octanol–water partition coefficient (Wildman–Crippen LogP) is 2.81. The molecule has 0 saturated heterocycles. The van der Waals surface area contributed by atoms with E-state index in [-0.39, 0.29) is 5.91 Å². The van der Waals surface area contributed by atoms with Crippen LogP contribution in [0.25, 0.3) is 10.9 Å². The molecule has 0 unspecified atom stereocenters. The molecule has 2 aromatic heterocycles. The monoisotopic (exact) mass is 412 g/mol. The molecule has 0 spiro atoms. The highest BCUT2D eigenvalue weighted by Gasteiger charge is 2.19. The molecule has 7 heteroatoms. The number of fused-ring (bicyclic) bond motifs is 2. The van der Waals surface area contributed by atoms with E-state index in [0.29, 0.717) is 12.1 Å². The first-order valence-corrected chi connectivity index (χ1v) is 10.6. The number of carbonyl (C=O) groups excluding carboxylic acids is 1. The molecule has 1 N–H and O–H groups in total. The van der Waals surface area contributed by atoms with Crippen LogP contribution < -0.4 is 5.32 Å². The number of hydrogen-bond donors (Lipinski definition) is 1. The van der Waals surface area contributed by atoms with Crippen LogP contribution in [0.4, 0.5) is 0 Å². The number of nitrogens with one attached hydrogen (secondary N) is 1. The first-order chi connectivity index (χ1) is 15.3. The van der Waals surface area contributed by atoms with Crippen molar-refractivity contribution in [3.8, 4) is 0 Å². The summed E-state index contributed by atoms with van der Waals surface area (Å²) < 4.78 is 2.15. The summed E-state index contributed by atoms with van der Waals surface area (Å²) in [6, 6.07) is 19.8. The molecule has 1 aliphatic heterocycles. The van der Waals surface area contributed by atoms with Gasteiger partial charge in [0, 0.05) is 49.7 Å². The summed E-state index contributed by atoms with van der Waals surface area (Å²) in [6.45, 7) is 3.92. The summed E-state index contributed by atoms with van der Waals surface area (Å²) in [5.74, 6) is 1.69. The largest absolute Gasteiger partial charge is 0.345 e. The fourth-order valence-corrected chi connectivity index (χ4v) is 4.05. The Hall–Kier alpha value is -3.58. The molecule has 31 heavy (non-hydrogen) atoms. The molecule has 3 heterocycles. The Morgan fingerprint density at radius 2 is 1.87 bits per heavy atom. The molecular formula is C24H24N6O. The molecule has 5 rings (SSSR count). The van der Waals surface area contributed by atoms with Crippen LogP contribution in [0.5, 0.6) is 0 Å². The average molecular weight is 412 g/mol. The number of nitrogens with zero attached hydrogens (tertiary/aromatic N) is 5. The van der Waals surface area contributed by atoms with Gasteiger partial charge in [-0.2, -0.15) is 0 Å². The van der Waals surface area contributed by atoms with Crippen molar-refractivity contribution >= 4 is 16.8 Å². The minimum absolute atomic E-state index is 0.0982. The molecule has 1 aliphatic rings. The summed E-state index contributed by atoms with van der Waals surface area (Å²) in [7, 11) is 0. The van der Waals surface area contributed by atoms with Crippen molar-refractivity contribution in [3.05, 3.63) is 89.6 Å². The van der Waals surface area contributed by atoms with E-state index in [4.69, 9.17) is 0 Å². The van der Waals surface area contributed by atoms with Gasteiger partial charge in [-0.3, -0.25) is 14.7 Å². The lowest BCUT2D eigenvalue weighted by atomic mass is 10.1. The fraction of sp³-hybridized carbons (Fsp3) is 0.250. The average Bonchev–Trinajstić information content (AvgIpc) is 3.10. The number of aromatic nitrogens is 4. The van der Waals surface area contributed by atoms with Gasteiger partial charge in [0.15, 0.2) is 5.82 Å². The molecule has 0 atom stereocenters. The lowest BCUT2D eigenvalue weighted by molar-refractivity contribution is 0.0949. The van der Waals surface area contributed by atoms with Crippen molar-refractivity contribution in [3.63, 3.8) is 0 Å². The third-order valence-corrected chi connectivity index (χ3v) is 5.71. The minimum atomic E-state index is -0.0982. The summed E-state index contributed by atoms with van der Waals surface area (Å²) >= 11 is 0. The van der Waals surface area contributed by atoms with E-state index < -0.39 is 0 Å². The summed E-state index contributed by atoms with van der Waals surface area (Å²) in [5.41, 5.74) is 2.96. The zero-order chi connectivity index (χ0) is 21.0. The number of benzene rings is 2. The Morgan fingerprint density at radius 3 is 2.77 bits per heavy atom. The molecule has 2 aromatic carbocycles. The number of amides is 1. The number of hydrogen-bond acceptors (Lipinski definition) is 5. The number of pyridine rings is 1. The van der Waals surface area contributed by atoms with E-state index in [1.54, 1.807) is 12.1 Å². The second-order valence-corrected chi connectivity index (χ2v) is 7.79. The van der Waals surface area contributed by atoms with Crippen LogP contribution in [0.2, 0.25) is 0 Å². The SMILES string of the molecule is O=C(NCc1nnc2n1CCN(Cc1ccc3ncccc3c1)CC2)c1ccccc1. The molecule has 1 amide bonds. The molecule has 0 bridgehead atoms. The Kier molecular flexibility index (Phi) is 5.41. The maximum absolute atomic E-state index is 12.3. The van der Waals surface area contributed by atoms with Gasteiger partial charge in [0.25, 0.3) is 5.91 Å². The maximum atomic E-state index is 12.3. The van der Waals surface area contributed by atoms with Gasteiger partial charge in [-0.25, -0.2) is 0 Å². The van der Waals surface area contributed by atoms with Gasteiger partial charge in [-0.15, -0.1) is 10.2 Å². The summed E-state index contributed by atoms with van der Waals surface area (Å²) in [4.78, 5) is 19.2. The van der Waals surface area contributed by atoms with Crippen molar-refractivity contribution in [2.75, 3.05) is 13.1 Å². The quantitative estimate of drug-likeness (QED) is 0.546. The van der Waals surface area contributed by atoms with Crippen molar-refractivity contribution in [1.29, 1.82) is 0 Å². The predicted molar refractivity (Wildman–Crippen MR) is 118 cm³/mol. The van der Waals surface area contributed by atoms with Crippen LogP contribution in [-0.4, -0.2) is 43.6 Å². The molecule has 7 nitrogen and oxygen atoms in total. The van der Waals surface area contributed by atoms with Crippen molar-refractivity contribution in [2.45, 2.75) is 26.1 Å². The van der Waals surface area contributed by atoms with Crippen LogP contribution in [0.1, 0.15) is 27.6 Å². The second-order valence-electron chi connectivity index (χ2n) is 7.79. The highest BCUT2D eigenvalue weighted by atomic mass is 16.1. The van der Waals surface area contributed by atoms with Crippen LogP contribution in [0.15, 0.2) is 66.9 Å². The third-order valence-electron chi connectivity index (χ3n) is 5.71. The Balaban J connectivity index is 1.22. The lowest BCUT2D eigenvalue weighted by Gasteiger charge is -2.20. The van der Waals surface area contributed by atoms with E-state index in [1.807, 2.05) is 30.5 Å². The van der Waals surface area contributed by atoms with Gasteiger partial charge in [-0.1, -0.05) is 30.3 Å². The standard InChI is InChI=1S/C24H24N6O/c31-24(19-5-2-1-3-6-19)26-16-23-28-27-22-10-12-29(13-14-30(22)23)17-18-8-9-21-20(15-18)7-4-11-25-21/h1-9,11,15H,10,12-14,16-17H2,(H,26,31). The first kappa shape index (κ1) is 19.4.